The van der Waals surface area contributed by atoms with Crippen molar-refractivity contribution < 1.29 is 19.1 Å². The number of carbonyl (C=O) groups excluding carboxylic acids is 2. The first-order chi connectivity index (χ1) is 11.5. The summed E-state index contributed by atoms with van der Waals surface area (Å²) in [6.45, 7) is 6.45. The lowest BCUT2D eigenvalue weighted by Gasteiger charge is -2.12. The summed E-state index contributed by atoms with van der Waals surface area (Å²) in [7, 11) is 0. The minimum Gasteiger partial charge on any atom is -0.490 e. The number of amidine groups is 1. The normalized spacial score (nSPS) is 15.4. The smallest absolute Gasteiger partial charge is 0.286 e. The zero-order chi connectivity index (χ0) is 17.5. The van der Waals surface area contributed by atoms with Gasteiger partial charge in [0.25, 0.3) is 5.91 Å². The number of benzene rings is 1. The molecule has 1 aromatic carbocycles. The van der Waals surface area contributed by atoms with Gasteiger partial charge in [-0.15, -0.1) is 0 Å². The van der Waals surface area contributed by atoms with Crippen LogP contribution in [-0.4, -0.2) is 30.2 Å². The highest BCUT2D eigenvalue weighted by Crippen LogP contribution is 2.32. The van der Waals surface area contributed by atoms with Gasteiger partial charge in [0.05, 0.1) is 18.1 Å². The van der Waals surface area contributed by atoms with Gasteiger partial charge in [0, 0.05) is 6.92 Å². The summed E-state index contributed by atoms with van der Waals surface area (Å²) >= 11 is 1.14. The zero-order valence-corrected chi connectivity index (χ0v) is 14.7. The van der Waals surface area contributed by atoms with Gasteiger partial charge in [0.1, 0.15) is 0 Å². The largest absolute Gasteiger partial charge is 0.490 e. The van der Waals surface area contributed by atoms with Crippen LogP contribution in [0.4, 0.5) is 0 Å². The molecule has 1 aliphatic rings. The van der Waals surface area contributed by atoms with Crippen molar-refractivity contribution in [3.8, 4) is 11.5 Å². The summed E-state index contributed by atoms with van der Waals surface area (Å²) in [5.41, 5.74) is 0.803. The molecule has 0 atom stereocenters. The average Bonchev–Trinajstić information content (AvgIpc) is 2.85. The fourth-order valence-corrected chi connectivity index (χ4v) is 2.84. The molecule has 1 N–H and O–H groups in total. The first-order valence-electron chi connectivity index (χ1n) is 7.73. The minimum absolute atomic E-state index is 0.258. The first kappa shape index (κ1) is 18.1. The topological polar surface area (TPSA) is 77.0 Å². The van der Waals surface area contributed by atoms with Crippen molar-refractivity contribution in [1.29, 1.82) is 0 Å². The first-order valence-corrected chi connectivity index (χ1v) is 8.55. The summed E-state index contributed by atoms with van der Waals surface area (Å²) in [5.74, 6) is 0.694. The number of amides is 2. The molecule has 7 heteroatoms. The summed E-state index contributed by atoms with van der Waals surface area (Å²) in [5, 5.41) is 2.82. The molecule has 0 bridgehead atoms. The highest BCUT2D eigenvalue weighted by Gasteiger charge is 2.22. The average molecular weight is 348 g/mol. The molecule has 1 aliphatic heterocycles. The monoisotopic (exact) mass is 348 g/mol. The number of hydrogen-bond acceptors (Lipinski definition) is 5. The Labute approximate surface area is 145 Å². The second-order valence-electron chi connectivity index (χ2n) is 5.00. The van der Waals surface area contributed by atoms with E-state index in [0.717, 1.165) is 23.7 Å². The fourth-order valence-electron chi connectivity index (χ4n) is 1.98. The molecule has 2 amide bonds. The van der Waals surface area contributed by atoms with E-state index in [1.165, 1.54) is 6.92 Å². The van der Waals surface area contributed by atoms with Gasteiger partial charge in [-0.1, -0.05) is 13.0 Å². The van der Waals surface area contributed by atoms with Crippen LogP contribution in [0.2, 0.25) is 0 Å². The highest BCUT2D eigenvalue weighted by atomic mass is 32.2. The quantitative estimate of drug-likeness (QED) is 0.800. The summed E-state index contributed by atoms with van der Waals surface area (Å²) < 4.78 is 11.3. The second kappa shape index (κ2) is 8.54. The molecule has 0 aromatic heterocycles. The van der Waals surface area contributed by atoms with Crippen molar-refractivity contribution in [3.05, 3.63) is 28.7 Å². The summed E-state index contributed by atoms with van der Waals surface area (Å²) in [4.78, 5) is 27.2. The predicted molar refractivity (Wildman–Crippen MR) is 95.2 cm³/mol. The molecule has 0 radical (unpaired) electrons. The molecule has 24 heavy (non-hydrogen) atoms. The van der Waals surface area contributed by atoms with E-state index < -0.39 is 0 Å². The van der Waals surface area contributed by atoms with E-state index in [1.807, 2.05) is 32.0 Å². The maximum atomic E-state index is 11.9. The van der Waals surface area contributed by atoms with Gasteiger partial charge >= 0.3 is 0 Å². The maximum absolute atomic E-state index is 11.9. The van der Waals surface area contributed by atoms with Gasteiger partial charge in [0.15, 0.2) is 16.7 Å². The van der Waals surface area contributed by atoms with Gasteiger partial charge in [0.2, 0.25) is 5.91 Å². The molecule has 0 saturated heterocycles. The Bertz CT molecular complexity index is 698. The number of nitrogens with zero attached hydrogens (tertiary/aromatic N) is 1. The summed E-state index contributed by atoms with van der Waals surface area (Å²) in [6, 6.07) is 5.50. The molecule has 1 heterocycles. The molecule has 2 rings (SSSR count). The van der Waals surface area contributed by atoms with E-state index >= 15 is 0 Å². The van der Waals surface area contributed by atoms with Crippen molar-refractivity contribution in [2.45, 2.75) is 27.2 Å². The molecule has 0 aliphatic carbocycles. The Morgan fingerprint density at radius 3 is 2.75 bits per heavy atom. The molecular formula is C17H20N2O4S. The number of hydrogen-bond donors (Lipinski definition) is 1. The third-order valence-corrected chi connectivity index (χ3v) is 3.83. The van der Waals surface area contributed by atoms with E-state index in [9.17, 15) is 9.59 Å². The van der Waals surface area contributed by atoms with E-state index in [1.54, 1.807) is 6.08 Å². The van der Waals surface area contributed by atoms with Crippen LogP contribution in [0.1, 0.15) is 32.8 Å². The standard InChI is InChI=1S/C17H20N2O4S/c1-4-8-23-13-7-6-12(9-14(13)22-5-2)10-15-16(21)19-17(24-15)18-11(3)20/h6-7,9-10H,4-5,8H2,1-3H3,(H,18,19,20,21)/b15-10-. The molecule has 0 saturated carbocycles. The maximum Gasteiger partial charge on any atom is 0.286 e. The number of carbonyl (C=O) groups is 2. The van der Waals surface area contributed by atoms with E-state index in [-0.39, 0.29) is 11.8 Å². The van der Waals surface area contributed by atoms with Crippen molar-refractivity contribution in [2.75, 3.05) is 13.2 Å². The molecule has 1 aromatic rings. The van der Waals surface area contributed by atoms with Gasteiger partial charge in [-0.25, -0.2) is 0 Å². The lowest BCUT2D eigenvalue weighted by atomic mass is 10.2. The van der Waals surface area contributed by atoms with Crippen molar-refractivity contribution in [1.82, 2.24) is 5.32 Å². The van der Waals surface area contributed by atoms with E-state index in [2.05, 4.69) is 10.3 Å². The van der Waals surface area contributed by atoms with Gasteiger partial charge < -0.3 is 14.8 Å². The fraction of sp³-hybridized carbons (Fsp3) is 0.353. The van der Waals surface area contributed by atoms with E-state index in [4.69, 9.17) is 9.47 Å². The number of nitrogens with one attached hydrogen (secondary N) is 1. The molecule has 6 nitrogen and oxygen atoms in total. The van der Waals surface area contributed by atoms with Crippen LogP contribution in [0, 0.1) is 0 Å². The lowest BCUT2D eigenvalue weighted by Crippen LogP contribution is -2.23. The molecule has 128 valence electrons. The second-order valence-corrected chi connectivity index (χ2v) is 6.03. The zero-order valence-electron chi connectivity index (χ0n) is 13.9. The molecule has 0 spiro atoms. The lowest BCUT2D eigenvalue weighted by molar-refractivity contribution is -0.117. The molecular weight excluding hydrogens is 328 g/mol. The van der Waals surface area contributed by atoms with Crippen LogP contribution < -0.4 is 14.8 Å². The van der Waals surface area contributed by atoms with Crippen LogP contribution in [0.15, 0.2) is 28.1 Å². The Hall–Kier alpha value is -2.28. The van der Waals surface area contributed by atoms with Crippen molar-refractivity contribution >= 4 is 34.8 Å². The van der Waals surface area contributed by atoms with Crippen LogP contribution in [0.5, 0.6) is 11.5 Å². The molecule has 0 unspecified atom stereocenters. The van der Waals surface area contributed by atoms with Crippen LogP contribution in [0.3, 0.4) is 0 Å². The Balaban J connectivity index is 2.19. The van der Waals surface area contributed by atoms with Crippen LogP contribution >= 0.6 is 11.8 Å². The number of thioether (sulfide) groups is 1. The number of aliphatic imine (C=N–C) groups is 1. The third-order valence-electron chi connectivity index (χ3n) is 2.93. The Morgan fingerprint density at radius 1 is 1.29 bits per heavy atom. The van der Waals surface area contributed by atoms with Crippen LogP contribution in [0.25, 0.3) is 6.08 Å². The summed E-state index contributed by atoms with van der Waals surface area (Å²) in [6.07, 6.45) is 2.63. The Morgan fingerprint density at radius 2 is 2.08 bits per heavy atom. The number of rotatable bonds is 6. The van der Waals surface area contributed by atoms with Crippen molar-refractivity contribution in [3.63, 3.8) is 0 Å². The third kappa shape index (κ3) is 4.86. The predicted octanol–water partition coefficient (Wildman–Crippen LogP) is 2.98. The van der Waals surface area contributed by atoms with Crippen LogP contribution in [-0.2, 0) is 9.59 Å². The van der Waals surface area contributed by atoms with Gasteiger partial charge in [-0.05, 0) is 48.9 Å². The SMILES string of the molecule is CCCOc1ccc(/C=C2\SC(NC(C)=O)=NC2=O)cc1OCC. The molecule has 0 fully saturated rings. The van der Waals surface area contributed by atoms with Gasteiger partial charge in [-0.3, -0.25) is 9.59 Å². The highest BCUT2D eigenvalue weighted by molar-refractivity contribution is 8.18. The van der Waals surface area contributed by atoms with Gasteiger partial charge in [-0.2, -0.15) is 4.99 Å². The van der Waals surface area contributed by atoms with Crippen molar-refractivity contribution in [2.24, 2.45) is 4.99 Å². The van der Waals surface area contributed by atoms with E-state index in [0.29, 0.717) is 34.8 Å². The minimum atomic E-state index is -0.368. The number of ether oxygens (including phenoxy) is 2. The Kier molecular flexibility index (Phi) is 6.43.